The van der Waals surface area contributed by atoms with Gasteiger partial charge < -0.3 is 0 Å². The molecule has 0 aliphatic rings. The molecule has 0 saturated carbocycles. The van der Waals surface area contributed by atoms with Crippen LogP contribution in [-0.2, 0) is 0 Å². The maximum atomic E-state index is 6.55. The van der Waals surface area contributed by atoms with Gasteiger partial charge in [-0.05, 0) is 0 Å². The summed E-state index contributed by atoms with van der Waals surface area (Å²) in [7, 11) is 0. The van der Waals surface area contributed by atoms with Crippen molar-refractivity contribution in [1.29, 1.82) is 5.41 Å². The van der Waals surface area contributed by atoms with Crippen LogP contribution in [-0.4, -0.2) is 26.0 Å². The van der Waals surface area contributed by atoms with Crippen molar-refractivity contribution in [2.24, 2.45) is 11.5 Å². The molecule has 5 N–H and O–H groups in total. The standard InChI is InChI=1S/C2H6N3Se/c3-1(4)2(5)6/h6H,5H2,(H3,3,4). The second kappa shape index (κ2) is 2.08. The predicted octanol–water partition coefficient (Wildman–Crippen LogP) is -2.09. The molecule has 0 spiro atoms. The number of nitrogens with one attached hydrogen (secondary N) is 1. The van der Waals surface area contributed by atoms with Crippen molar-refractivity contribution >= 4 is 26.0 Å². The molecule has 0 fully saturated rings. The van der Waals surface area contributed by atoms with Crippen molar-refractivity contribution in [3.05, 3.63) is 0 Å². The van der Waals surface area contributed by atoms with Gasteiger partial charge in [-0.3, -0.25) is 0 Å². The molecular weight excluding hydrogens is 145 g/mol. The average molecular weight is 151 g/mol. The van der Waals surface area contributed by atoms with Crippen molar-refractivity contribution < 1.29 is 0 Å². The Balaban J connectivity index is 3.57. The molecule has 0 aromatic heterocycles. The summed E-state index contributed by atoms with van der Waals surface area (Å²) in [6, 6.07) is 0. The molecular formula is C2H6N3Se. The summed E-state index contributed by atoms with van der Waals surface area (Å²) in [6.07, 6.45) is 0. The van der Waals surface area contributed by atoms with Crippen molar-refractivity contribution in [1.82, 2.24) is 0 Å². The van der Waals surface area contributed by atoms with Gasteiger partial charge in [-0.1, -0.05) is 0 Å². The molecule has 0 atom stereocenters. The van der Waals surface area contributed by atoms with E-state index < -0.39 is 0 Å². The third-order valence-corrected chi connectivity index (χ3v) is 0.781. The third-order valence-electron chi connectivity index (χ3n) is 0.276. The molecule has 6 heavy (non-hydrogen) atoms. The van der Waals surface area contributed by atoms with Gasteiger partial charge in [0, 0.05) is 0 Å². The Morgan fingerprint density at radius 3 is 1.67 bits per heavy atom. The minimum atomic E-state index is -0.0741. The van der Waals surface area contributed by atoms with Crippen LogP contribution in [0.5, 0.6) is 0 Å². The fraction of sp³-hybridized carbons (Fsp3) is 0. The van der Waals surface area contributed by atoms with Crippen LogP contribution in [0.3, 0.4) is 0 Å². The molecule has 1 radical (unpaired) electrons. The Hall–Kier alpha value is -0.181. The zero-order valence-corrected chi connectivity index (χ0v) is 4.98. The molecule has 0 saturated heterocycles. The van der Waals surface area contributed by atoms with Crippen molar-refractivity contribution in [2.75, 3.05) is 0 Å². The Kier molecular flexibility index (Phi) is 2.01. The number of hydrogen-bond donors (Lipinski definition) is 3. The van der Waals surface area contributed by atoms with Crippen LogP contribution in [0.25, 0.3) is 0 Å². The van der Waals surface area contributed by atoms with Gasteiger partial charge in [0.15, 0.2) is 0 Å². The molecule has 0 bridgehead atoms. The summed E-state index contributed by atoms with van der Waals surface area (Å²) in [5, 5.41) is 6.55. The van der Waals surface area contributed by atoms with Crippen molar-refractivity contribution in [2.45, 2.75) is 0 Å². The first kappa shape index (κ1) is 5.82. The summed E-state index contributed by atoms with van der Waals surface area (Å²) in [6.45, 7) is 0. The number of nitrogens with two attached hydrogens (primary N) is 2. The molecule has 0 amide bonds. The summed E-state index contributed by atoms with van der Waals surface area (Å²) >= 11 is 1.98. The maximum absolute atomic E-state index is 6.55. The Morgan fingerprint density at radius 2 is 1.67 bits per heavy atom. The topological polar surface area (TPSA) is 75.9 Å². The normalized spacial score (nSPS) is 7.50. The van der Waals surface area contributed by atoms with Gasteiger partial charge in [0.05, 0.1) is 0 Å². The summed E-state index contributed by atoms with van der Waals surface area (Å²) in [5.41, 5.74) is 9.82. The molecule has 0 aliphatic heterocycles. The zero-order chi connectivity index (χ0) is 5.15. The van der Waals surface area contributed by atoms with Gasteiger partial charge >= 0.3 is 42.8 Å². The first-order valence-corrected chi connectivity index (χ1v) is 2.24. The first-order valence-electron chi connectivity index (χ1n) is 1.30. The van der Waals surface area contributed by atoms with Gasteiger partial charge in [-0.2, -0.15) is 0 Å². The summed E-state index contributed by atoms with van der Waals surface area (Å²) < 4.78 is 0.308. The Bertz CT molecular complexity index is 74.8. The molecule has 0 aromatic rings. The van der Waals surface area contributed by atoms with E-state index in [0.717, 1.165) is 0 Å². The average Bonchev–Trinajstić information content (AvgIpc) is 1.36. The van der Waals surface area contributed by atoms with E-state index in [0.29, 0.717) is 4.54 Å². The molecule has 4 heteroatoms. The fourth-order valence-electron chi connectivity index (χ4n) is 0. The second-order valence-electron chi connectivity index (χ2n) is 0.799. The predicted molar refractivity (Wildman–Crippen MR) is 28.3 cm³/mol. The van der Waals surface area contributed by atoms with Crippen LogP contribution in [0.2, 0.25) is 0 Å². The zero-order valence-electron chi connectivity index (χ0n) is 3.10. The number of hydrogen-bond acceptors (Lipinski definition) is 2. The van der Waals surface area contributed by atoms with Gasteiger partial charge in [0.1, 0.15) is 0 Å². The molecule has 0 aliphatic carbocycles. The van der Waals surface area contributed by atoms with Gasteiger partial charge in [-0.25, -0.2) is 0 Å². The second-order valence-corrected chi connectivity index (χ2v) is 1.81. The Labute approximate surface area is 43.6 Å². The van der Waals surface area contributed by atoms with E-state index in [-0.39, 0.29) is 5.84 Å². The monoisotopic (exact) mass is 152 g/mol. The third kappa shape index (κ3) is 2.08. The van der Waals surface area contributed by atoms with Crippen molar-refractivity contribution in [3.8, 4) is 0 Å². The van der Waals surface area contributed by atoms with Crippen LogP contribution in [0.4, 0.5) is 0 Å². The van der Waals surface area contributed by atoms with E-state index in [1.54, 1.807) is 0 Å². The fourth-order valence-corrected chi connectivity index (χ4v) is 0. The molecule has 0 rings (SSSR count). The summed E-state index contributed by atoms with van der Waals surface area (Å²) in [4.78, 5) is 0. The Morgan fingerprint density at radius 1 is 1.50 bits per heavy atom. The molecule has 35 valence electrons. The van der Waals surface area contributed by atoms with E-state index in [2.05, 4.69) is 0 Å². The van der Waals surface area contributed by atoms with E-state index >= 15 is 0 Å². The van der Waals surface area contributed by atoms with Crippen LogP contribution < -0.4 is 11.5 Å². The quantitative estimate of drug-likeness (QED) is 0.228. The van der Waals surface area contributed by atoms with Crippen LogP contribution in [0.15, 0.2) is 0 Å². The van der Waals surface area contributed by atoms with Crippen LogP contribution >= 0.6 is 0 Å². The van der Waals surface area contributed by atoms with E-state index in [4.69, 9.17) is 16.9 Å². The van der Waals surface area contributed by atoms with Crippen LogP contribution in [0.1, 0.15) is 0 Å². The molecule has 0 aromatic carbocycles. The minimum absolute atomic E-state index is 0.0741. The number of rotatable bonds is 1. The van der Waals surface area contributed by atoms with Crippen molar-refractivity contribution in [3.63, 3.8) is 0 Å². The molecule has 3 nitrogen and oxygen atoms in total. The van der Waals surface area contributed by atoms with E-state index in [1.165, 1.54) is 0 Å². The molecule has 0 unspecified atom stereocenters. The summed E-state index contributed by atoms with van der Waals surface area (Å²) in [5.74, 6) is -0.0741. The number of amidine groups is 1. The van der Waals surface area contributed by atoms with E-state index in [9.17, 15) is 0 Å². The van der Waals surface area contributed by atoms with Gasteiger partial charge in [0.25, 0.3) is 0 Å². The SMILES string of the molecule is N=C(N)C(N)=[SeH]. The van der Waals surface area contributed by atoms with Crippen LogP contribution in [0, 0.1) is 5.41 Å². The molecule has 0 heterocycles. The van der Waals surface area contributed by atoms with Gasteiger partial charge in [-0.15, -0.1) is 0 Å². The van der Waals surface area contributed by atoms with E-state index in [1.807, 2.05) is 15.6 Å². The first-order chi connectivity index (χ1) is 2.64. The van der Waals surface area contributed by atoms with Gasteiger partial charge in [0.2, 0.25) is 0 Å².